The maximum Gasteiger partial charge on any atom is 0.274 e. The molecule has 1 aromatic heterocycles. The number of likely N-dealkylation sites (tertiary alicyclic amines) is 1. The van der Waals surface area contributed by atoms with E-state index in [0.29, 0.717) is 6.54 Å². The Morgan fingerprint density at radius 3 is 2.59 bits per heavy atom. The molecule has 2 bridgehead atoms. The summed E-state index contributed by atoms with van der Waals surface area (Å²) < 4.78 is 0. The van der Waals surface area contributed by atoms with Gasteiger partial charge in [-0.2, -0.15) is 0 Å². The molecule has 2 N–H and O–H groups in total. The Morgan fingerprint density at radius 2 is 1.90 bits per heavy atom. The molecule has 158 valence electrons. The van der Waals surface area contributed by atoms with Gasteiger partial charge in [-0.05, 0) is 37.2 Å². The SMILES string of the molecule is CC1(C)[C@H]2CC[C@]1(C)C(=O)N(CCCC[NH+]1CCN(c3cccc[nH+]3)CC1)C2=O. The maximum atomic E-state index is 13.1. The number of aromatic nitrogens is 1. The number of nitrogens with one attached hydrogen (secondary N) is 2. The Hall–Kier alpha value is -1.95. The number of pyridine rings is 1. The fourth-order valence-corrected chi connectivity index (χ4v) is 5.65. The first-order chi connectivity index (χ1) is 13.8. The van der Waals surface area contributed by atoms with Crippen molar-refractivity contribution in [2.45, 2.75) is 46.5 Å². The Labute approximate surface area is 174 Å². The van der Waals surface area contributed by atoms with Gasteiger partial charge < -0.3 is 4.90 Å². The monoisotopic (exact) mass is 400 g/mol. The lowest BCUT2D eigenvalue weighted by molar-refractivity contribution is -0.900. The Kier molecular flexibility index (Phi) is 5.40. The van der Waals surface area contributed by atoms with Crippen molar-refractivity contribution in [2.24, 2.45) is 16.7 Å². The summed E-state index contributed by atoms with van der Waals surface area (Å²) in [5.74, 6) is 1.36. The summed E-state index contributed by atoms with van der Waals surface area (Å²) in [5, 5.41) is 0. The zero-order valence-corrected chi connectivity index (χ0v) is 18.2. The van der Waals surface area contributed by atoms with Crippen molar-refractivity contribution in [3.05, 3.63) is 24.4 Å². The summed E-state index contributed by atoms with van der Waals surface area (Å²) in [6, 6.07) is 6.21. The largest absolute Gasteiger partial charge is 0.328 e. The predicted octanol–water partition coefficient (Wildman–Crippen LogP) is 0.797. The van der Waals surface area contributed by atoms with E-state index in [1.54, 1.807) is 9.80 Å². The third kappa shape index (κ3) is 3.45. The van der Waals surface area contributed by atoms with Gasteiger partial charge >= 0.3 is 0 Å². The second-order valence-electron chi connectivity index (χ2n) is 9.88. The molecular weight excluding hydrogens is 364 g/mol. The van der Waals surface area contributed by atoms with Gasteiger partial charge in [0.1, 0.15) is 26.2 Å². The number of unbranched alkanes of at least 4 members (excludes halogenated alkanes) is 1. The molecule has 3 heterocycles. The molecule has 6 nitrogen and oxygen atoms in total. The third-order valence-corrected chi connectivity index (χ3v) is 8.17. The number of quaternary nitrogens is 1. The second kappa shape index (κ2) is 7.71. The van der Waals surface area contributed by atoms with Crippen molar-refractivity contribution < 1.29 is 19.5 Å². The predicted molar refractivity (Wildman–Crippen MR) is 111 cm³/mol. The van der Waals surface area contributed by atoms with Crippen LogP contribution in [0.2, 0.25) is 0 Å². The van der Waals surface area contributed by atoms with Gasteiger partial charge in [0, 0.05) is 18.5 Å². The molecule has 0 radical (unpaired) electrons. The number of piperidine rings is 1. The number of rotatable bonds is 6. The van der Waals surface area contributed by atoms with E-state index in [-0.39, 0.29) is 28.6 Å². The molecule has 2 aliphatic heterocycles. The molecule has 2 atom stereocenters. The maximum absolute atomic E-state index is 13.1. The molecule has 3 fully saturated rings. The van der Waals surface area contributed by atoms with Crippen LogP contribution < -0.4 is 14.8 Å². The molecule has 0 aromatic carbocycles. The highest BCUT2D eigenvalue weighted by Gasteiger charge is 2.64. The molecule has 0 spiro atoms. The standard InChI is InChI=1S/C23H34N4O2/c1-22(2)18-9-10-23(22,3)21(29)27(20(18)28)13-7-6-12-25-14-16-26(17-15-25)19-8-4-5-11-24-19/h4-5,8,11,18H,6-7,9-10,12-17H2,1-3H3/p+2/t18-,23+/m0/s1. The zero-order chi connectivity index (χ0) is 20.6. The van der Waals surface area contributed by atoms with Crippen molar-refractivity contribution in [1.82, 2.24) is 4.90 Å². The third-order valence-electron chi connectivity index (χ3n) is 8.17. The highest BCUT2D eigenvalue weighted by molar-refractivity contribution is 6.03. The number of amides is 2. The number of imide groups is 1. The second-order valence-corrected chi connectivity index (χ2v) is 9.88. The van der Waals surface area contributed by atoms with Crippen molar-refractivity contribution in [3.8, 4) is 0 Å². The number of piperazine rings is 1. The summed E-state index contributed by atoms with van der Waals surface area (Å²) >= 11 is 0. The lowest BCUT2D eigenvalue weighted by Crippen LogP contribution is -3.14. The minimum Gasteiger partial charge on any atom is -0.328 e. The van der Waals surface area contributed by atoms with Crippen LogP contribution in [0.5, 0.6) is 0 Å². The van der Waals surface area contributed by atoms with E-state index in [0.717, 1.165) is 58.4 Å². The van der Waals surface area contributed by atoms with Crippen LogP contribution in [0, 0.1) is 16.7 Å². The van der Waals surface area contributed by atoms with Gasteiger partial charge in [-0.1, -0.05) is 26.8 Å². The highest BCUT2D eigenvalue weighted by atomic mass is 16.2. The van der Waals surface area contributed by atoms with Crippen LogP contribution in [0.15, 0.2) is 24.4 Å². The van der Waals surface area contributed by atoms with Crippen LogP contribution in [0.4, 0.5) is 5.82 Å². The van der Waals surface area contributed by atoms with Gasteiger partial charge in [0.15, 0.2) is 0 Å². The Bertz CT molecular complexity index is 757. The summed E-state index contributed by atoms with van der Waals surface area (Å²) in [7, 11) is 0. The van der Waals surface area contributed by atoms with Crippen molar-refractivity contribution in [2.75, 3.05) is 44.2 Å². The van der Waals surface area contributed by atoms with Crippen molar-refractivity contribution in [1.29, 1.82) is 0 Å². The van der Waals surface area contributed by atoms with E-state index in [1.165, 1.54) is 5.82 Å². The van der Waals surface area contributed by atoms with E-state index in [2.05, 4.69) is 42.8 Å². The first-order valence-corrected chi connectivity index (χ1v) is 11.3. The van der Waals surface area contributed by atoms with Crippen LogP contribution in [0.1, 0.15) is 46.5 Å². The zero-order valence-electron chi connectivity index (χ0n) is 18.2. The lowest BCUT2D eigenvalue weighted by atomic mass is 9.62. The molecule has 2 amide bonds. The first kappa shape index (κ1) is 20.3. The summed E-state index contributed by atoms with van der Waals surface area (Å²) in [4.78, 5) is 35.0. The van der Waals surface area contributed by atoms with E-state index >= 15 is 0 Å². The quantitative estimate of drug-likeness (QED) is 0.568. The first-order valence-electron chi connectivity index (χ1n) is 11.3. The van der Waals surface area contributed by atoms with E-state index < -0.39 is 0 Å². The number of carbonyl (C=O) groups is 2. The molecule has 1 aliphatic carbocycles. The minimum absolute atomic E-state index is 0.0127. The summed E-state index contributed by atoms with van der Waals surface area (Å²) in [6.07, 6.45) is 5.66. The molecule has 2 saturated heterocycles. The molecule has 4 rings (SSSR count). The van der Waals surface area contributed by atoms with E-state index in [4.69, 9.17) is 0 Å². The lowest BCUT2D eigenvalue weighted by Gasteiger charge is -2.47. The molecule has 29 heavy (non-hydrogen) atoms. The number of anilines is 1. The van der Waals surface area contributed by atoms with Crippen LogP contribution >= 0.6 is 0 Å². The topological polar surface area (TPSA) is 59.2 Å². The van der Waals surface area contributed by atoms with Crippen LogP contribution in [0.3, 0.4) is 0 Å². The van der Waals surface area contributed by atoms with Gasteiger partial charge in [-0.3, -0.25) is 19.4 Å². The number of fused-ring (bicyclic) bond motifs is 2. The highest BCUT2D eigenvalue weighted by Crippen LogP contribution is 2.60. The van der Waals surface area contributed by atoms with Crippen LogP contribution in [-0.2, 0) is 9.59 Å². The summed E-state index contributed by atoms with van der Waals surface area (Å²) in [6.45, 7) is 12.4. The van der Waals surface area contributed by atoms with Gasteiger partial charge in [0.05, 0.1) is 18.2 Å². The number of aromatic amines is 1. The normalized spacial score (nSPS) is 29.6. The smallest absolute Gasteiger partial charge is 0.274 e. The van der Waals surface area contributed by atoms with Gasteiger partial charge in [-0.25, -0.2) is 4.98 Å². The molecule has 6 heteroatoms. The van der Waals surface area contributed by atoms with Crippen molar-refractivity contribution >= 4 is 17.6 Å². The average molecular weight is 401 g/mol. The average Bonchev–Trinajstić information content (AvgIpc) is 2.92. The van der Waals surface area contributed by atoms with Crippen LogP contribution in [0.25, 0.3) is 0 Å². The van der Waals surface area contributed by atoms with Crippen LogP contribution in [-0.4, -0.2) is 56.0 Å². The summed E-state index contributed by atoms with van der Waals surface area (Å²) in [5.41, 5.74) is -0.584. The molecule has 1 aromatic rings. The number of hydrogen-bond acceptors (Lipinski definition) is 3. The number of hydrogen-bond donors (Lipinski definition) is 1. The number of nitrogens with zero attached hydrogens (tertiary/aromatic N) is 2. The Morgan fingerprint density at radius 1 is 1.14 bits per heavy atom. The fraction of sp³-hybridized carbons (Fsp3) is 0.696. The molecular formula is C23H36N4O2+2. The fourth-order valence-electron chi connectivity index (χ4n) is 5.65. The van der Waals surface area contributed by atoms with Gasteiger partial charge in [0.25, 0.3) is 5.82 Å². The van der Waals surface area contributed by atoms with E-state index in [9.17, 15) is 9.59 Å². The van der Waals surface area contributed by atoms with E-state index in [1.807, 2.05) is 12.3 Å². The molecule has 3 aliphatic rings. The Balaban J connectivity index is 1.23. The minimum atomic E-state index is -0.373. The number of H-pyrrole nitrogens is 1. The van der Waals surface area contributed by atoms with Gasteiger partial charge in [-0.15, -0.1) is 0 Å². The van der Waals surface area contributed by atoms with Crippen molar-refractivity contribution in [3.63, 3.8) is 0 Å². The van der Waals surface area contributed by atoms with Gasteiger partial charge in [0.2, 0.25) is 11.8 Å². The number of carbonyl (C=O) groups excluding carboxylic acids is 2. The molecule has 0 unspecified atom stereocenters. The molecule has 1 saturated carbocycles.